The Morgan fingerprint density at radius 2 is 1.44 bits per heavy atom. The average Bonchev–Trinajstić information content (AvgIpc) is 2.24. The van der Waals surface area contributed by atoms with Gasteiger partial charge in [0.15, 0.2) is 5.78 Å². The molecule has 0 aliphatic carbocycles. The molecule has 1 aromatic carbocycles. The van der Waals surface area contributed by atoms with E-state index in [-0.39, 0.29) is 35.3 Å². The molecule has 0 bridgehead atoms. The number of carbonyl (C=O) groups is 2. The smallest absolute Gasteiger partial charge is 0.545 e. The van der Waals surface area contributed by atoms with Crippen LogP contribution in [-0.4, -0.2) is 11.8 Å². The van der Waals surface area contributed by atoms with E-state index >= 15 is 0 Å². The summed E-state index contributed by atoms with van der Waals surface area (Å²) in [6.07, 6.45) is 1.81. The summed E-state index contributed by atoms with van der Waals surface area (Å²) in [5.74, 6) is -1.66. The summed E-state index contributed by atoms with van der Waals surface area (Å²) in [7, 11) is 0. The van der Waals surface area contributed by atoms with Crippen molar-refractivity contribution >= 4 is 11.8 Å². The van der Waals surface area contributed by atoms with Crippen LogP contribution >= 0.6 is 0 Å². The molecule has 3 nitrogen and oxygen atoms in total. The molecule has 0 aliphatic heterocycles. The molecule has 0 aromatic heterocycles. The first-order valence-corrected chi connectivity index (χ1v) is 5.35. The van der Waals surface area contributed by atoms with Crippen molar-refractivity contribution in [1.29, 1.82) is 0 Å². The molecular formula is C14H15NaO3. The van der Waals surface area contributed by atoms with Gasteiger partial charge in [0, 0.05) is 5.56 Å². The fourth-order valence-corrected chi connectivity index (χ4v) is 1.81. The normalized spacial score (nSPS) is 10.2. The SMILES string of the molecule is Cc1cc(C)c(C)c(C(=O)C=CC(=O)[O-])c1C.[Na+]. The zero-order valence-corrected chi connectivity index (χ0v) is 13.5. The van der Waals surface area contributed by atoms with Crippen molar-refractivity contribution in [3.63, 3.8) is 0 Å². The summed E-state index contributed by atoms with van der Waals surface area (Å²) in [6.45, 7) is 7.59. The number of rotatable bonds is 3. The summed E-state index contributed by atoms with van der Waals surface area (Å²) >= 11 is 0. The number of allylic oxidation sites excluding steroid dienone is 1. The van der Waals surface area contributed by atoms with E-state index in [4.69, 9.17) is 0 Å². The first-order valence-electron chi connectivity index (χ1n) is 5.35. The first-order chi connectivity index (χ1) is 7.84. The van der Waals surface area contributed by atoms with Gasteiger partial charge >= 0.3 is 29.6 Å². The van der Waals surface area contributed by atoms with Crippen molar-refractivity contribution in [1.82, 2.24) is 0 Å². The third-order valence-electron chi connectivity index (χ3n) is 2.98. The van der Waals surface area contributed by atoms with Gasteiger partial charge in [-0.05, 0) is 62.1 Å². The van der Waals surface area contributed by atoms with Crippen LogP contribution in [0, 0.1) is 27.7 Å². The van der Waals surface area contributed by atoms with Crippen LogP contribution in [0.25, 0.3) is 0 Å². The number of aliphatic carboxylic acids is 1. The number of carboxylic acids is 1. The minimum atomic E-state index is -1.36. The van der Waals surface area contributed by atoms with Crippen LogP contribution in [0.4, 0.5) is 0 Å². The van der Waals surface area contributed by atoms with Gasteiger partial charge in [0.2, 0.25) is 0 Å². The maximum absolute atomic E-state index is 11.9. The van der Waals surface area contributed by atoms with Crippen molar-refractivity contribution < 1.29 is 44.3 Å². The van der Waals surface area contributed by atoms with Crippen LogP contribution in [-0.2, 0) is 4.79 Å². The predicted molar refractivity (Wildman–Crippen MR) is 63.9 cm³/mol. The van der Waals surface area contributed by atoms with E-state index < -0.39 is 5.97 Å². The molecule has 0 atom stereocenters. The fraction of sp³-hybridized carbons (Fsp3) is 0.286. The second-order valence-corrected chi connectivity index (χ2v) is 4.15. The van der Waals surface area contributed by atoms with Gasteiger partial charge in [-0.1, -0.05) is 6.07 Å². The molecule has 0 heterocycles. The first kappa shape index (κ1) is 17.1. The van der Waals surface area contributed by atoms with Crippen molar-refractivity contribution in [2.75, 3.05) is 0 Å². The quantitative estimate of drug-likeness (QED) is 0.371. The van der Waals surface area contributed by atoms with Gasteiger partial charge in [-0.3, -0.25) is 4.79 Å². The van der Waals surface area contributed by atoms with E-state index in [1.54, 1.807) is 0 Å². The van der Waals surface area contributed by atoms with E-state index in [2.05, 4.69) is 0 Å². The number of hydrogen-bond donors (Lipinski definition) is 0. The number of benzene rings is 1. The van der Waals surface area contributed by atoms with Gasteiger partial charge in [0.05, 0.1) is 5.97 Å². The summed E-state index contributed by atoms with van der Waals surface area (Å²) in [5, 5.41) is 10.3. The Morgan fingerprint density at radius 3 is 1.83 bits per heavy atom. The molecule has 0 spiro atoms. The van der Waals surface area contributed by atoms with Gasteiger partial charge in [-0.2, -0.15) is 0 Å². The molecule has 4 heteroatoms. The maximum atomic E-state index is 11.9. The van der Waals surface area contributed by atoms with E-state index in [0.29, 0.717) is 5.56 Å². The molecule has 18 heavy (non-hydrogen) atoms. The van der Waals surface area contributed by atoms with Crippen LogP contribution in [0.5, 0.6) is 0 Å². The van der Waals surface area contributed by atoms with Crippen molar-refractivity contribution in [2.24, 2.45) is 0 Å². The second kappa shape index (κ2) is 6.88. The third-order valence-corrected chi connectivity index (χ3v) is 2.98. The molecule has 1 rings (SSSR count). The van der Waals surface area contributed by atoms with Crippen molar-refractivity contribution in [3.8, 4) is 0 Å². The van der Waals surface area contributed by atoms with Gasteiger partial charge in [-0.15, -0.1) is 0 Å². The molecular weight excluding hydrogens is 239 g/mol. The average molecular weight is 254 g/mol. The number of hydrogen-bond acceptors (Lipinski definition) is 3. The van der Waals surface area contributed by atoms with Crippen LogP contribution in [0.2, 0.25) is 0 Å². The number of aryl methyl sites for hydroxylation is 2. The van der Waals surface area contributed by atoms with Gasteiger partial charge < -0.3 is 9.90 Å². The van der Waals surface area contributed by atoms with Crippen LogP contribution in [0.15, 0.2) is 18.2 Å². The molecule has 0 saturated carbocycles. The monoisotopic (exact) mass is 254 g/mol. The Labute approximate surface area is 129 Å². The Morgan fingerprint density at radius 1 is 1.00 bits per heavy atom. The minimum absolute atomic E-state index is 0. The molecule has 0 radical (unpaired) electrons. The van der Waals surface area contributed by atoms with Gasteiger partial charge in [-0.25, -0.2) is 0 Å². The summed E-state index contributed by atoms with van der Waals surface area (Å²) in [4.78, 5) is 22.2. The zero-order valence-electron chi connectivity index (χ0n) is 11.5. The van der Waals surface area contributed by atoms with E-state index in [1.807, 2.05) is 33.8 Å². The number of carboxylic acid groups (broad SMARTS) is 1. The number of ketones is 1. The fourth-order valence-electron chi connectivity index (χ4n) is 1.81. The second-order valence-electron chi connectivity index (χ2n) is 4.15. The molecule has 90 valence electrons. The molecule has 0 N–H and O–H groups in total. The molecule has 0 unspecified atom stereocenters. The van der Waals surface area contributed by atoms with Crippen LogP contribution in [0.1, 0.15) is 32.6 Å². The molecule has 0 aliphatic rings. The minimum Gasteiger partial charge on any atom is -0.545 e. The summed E-state index contributed by atoms with van der Waals surface area (Å²) in [6, 6.07) is 2.02. The van der Waals surface area contributed by atoms with Crippen molar-refractivity contribution in [2.45, 2.75) is 27.7 Å². The predicted octanol–water partition coefficient (Wildman–Crippen LogP) is -1.59. The van der Waals surface area contributed by atoms with E-state index in [0.717, 1.165) is 34.4 Å². The largest absolute Gasteiger partial charge is 1.00 e. The summed E-state index contributed by atoms with van der Waals surface area (Å²) in [5.41, 5.74) is 4.42. The van der Waals surface area contributed by atoms with E-state index in [9.17, 15) is 14.7 Å². The van der Waals surface area contributed by atoms with Gasteiger partial charge in [0.1, 0.15) is 0 Å². The van der Waals surface area contributed by atoms with Gasteiger partial charge in [0.25, 0.3) is 0 Å². The standard InChI is InChI=1S/C14H16O3.Na/c1-8-7-9(2)11(4)14(10(8)3)12(15)5-6-13(16)17;/h5-7H,1-4H3,(H,16,17);/q;+1/p-1. The Bertz CT molecular complexity index is 490. The Hall–Kier alpha value is -0.900. The Balaban J connectivity index is 0.00000289. The van der Waals surface area contributed by atoms with Crippen LogP contribution in [0.3, 0.4) is 0 Å². The molecule has 0 saturated heterocycles. The maximum Gasteiger partial charge on any atom is 1.00 e. The van der Waals surface area contributed by atoms with E-state index in [1.165, 1.54) is 0 Å². The third kappa shape index (κ3) is 3.80. The molecule has 0 amide bonds. The van der Waals surface area contributed by atoms with Crippen LogP contribution < -0.4 is 34.7 Å². The molecule has 0 fully saturated rings. The zero-order chi connectivity index (χ0) is 13.2. The number of carbonyl (C=O) groups excluding carboxylic acids is 2. The molecule has 1 aromatic rings. The summed E-state index contributed by atoms with van der Waals surface area (Å²) < 4.78 is 0. The van der Waals surface area contributed by atoms with Crippen molar-refractivity contribution in [3.05, 3.63) is 46.0 Å². The Kier molecular flexibility index (Phi) is 6.54. The topological polar surface area (TPSA) is 57.2 Å².